The van der Waals surface area contributed by atoms with Gasteiger partial charge in [-0.25, -0.2) is 4.98 Å². The average molecular weight is 155 g/mol. The predicted octanol–water partition coefficient (Wildman–Crippen LogP) is 1.06. The lowest BCUT2D eigenvalue weighted by Crippen LogP contribution is -1.99. The zero-order valence-electron chi connectivity index (χ0n) is 6.34. The molecule has 0 atom stereocenters. The van der Waals surface area contributed by atoms with Crippen molar-refractivity contribution < 1.29 is 9.50 Å². The largest absolute Gasteiger partial charge is 0.396 e. The summed E-state index contributed by atoms with van der Waals surface area (Å²) in [4.78, 5) is 3.48. The van der Waals surface area contributed by atoms with E-state index < -0.39 is 5.95 Å². The first-order chi connectivity index (χ1) is 5.25. The van der Waals surface area contributed by atoms with Gasteiger partial charge in [0.05, 0.1) is 0 Å². The van der Waals surface area contributed by atoms with Gasteiger partial charge < -0.3 is 5.11 Å². The minimum absolute atomic E-state index is 0.0382. The molecular weight excluding hydrogens is 145 g/mol. The van der Waals surface area contributed by atoms with Gasteiger partial charge in [-0.15, -0.1) is 0 Å². The molecule has 2 nitrogen and oxygen atoms in total. The summed E-state index contributed by atoms with van der Waals surface area (Å²) in [5, 5.41) is 8.57. The summed E-state index contributed by atoms with van der Waals surface area (Å²) in [6, 6.07) is 1.73. The molecule has 0 saturated heterocycles. The number of aliphatic hydroxyl groups is 1. The highest BCUT2D eigenvalue weighted by Crippen LogP contribution is 2.09. The Kier molecular flexibility index (Phi) is 2.54. The molecule has 1 aromatic rings. The van der Waals surface area contributed by atoms with E-state index in [9.17, 15) is 4.39 Å². The minimum atomic E-state index is -0.473. The molecule has 0 radical (unpaired) electrons. The Morgan fingerprint density at radius 2 is 2.36 bits per heavy atom. The van der Waals surface area contributed by atoms with Crippen LogP contribution in [0.15, 0.2) is 12.3 Å². The van der Waals surface area contributed by atoms with Crippen LogP contribution >= 0.6 is 0 Å². The van der Waals surface area contributed by atoms with E-state index in [1.54, 1.807) is 13.0 Å². The fraction of sp³-hybridized carbons (Fsp3) is 0.375. The Morgan fingerprint density at radius 3 is 2.91 bits per heavy atom. The zero-order valence-corrected chi connectivity index (χ0v) is 6.34. The van der Waals surface area contributed by atoms with Gasteiger partial charge in [-0.05, 0) is 18.6 Å². The van der Waals surface area contributed by atoms with Crippen LogP contribution in [-0.2, 0) is 6.42 Å². The van der Waals surface area contributed by atoms with E-state index in [-0.39, 0.29) is 6.61 Å². The first kappa shape index (κ1) is 8.14. The van der Waals surface area contributed by atoms with Crippen molar-refractivity contribution in [2.75, 3.05) is 6.61 Å². The number of aliphatic hydroxyl groups excluding tert-OH is 1. The van der Waals surface area contributed by atoms with Gasteiger partial charge in [0.2, 0.25) is 5.95 Å². The lowest BCUT2D eigenvalue weighted by molar-refractivity contribution is 0.297. The number of nitrogens with zero attached hydrogens (tertiary/aromatic N) is 1. The predicted molar refractivity (Wildman–Crippen MR) is 39.7 cm³/mol. The highest BCUT2D eigenvalue weighted by Gasteiger charge is 2.04. The van der Waals surface area contributed by atoms with E-state index in [4.69, 9.17) is 5.11 Å². The number of rotatable bonds is 2. The fourth-order valence-electron chi connectivity index (χ4n) is 0.968. The van der Waals surface area contributed by atoms with Gasteiger partial charge >= 0.3 is 0 Å². The second kappa shape index (κ2) is 3.44. The molecule has 0 aromatic carbocycles. The van der Waals surface area contributed by atoms with Gasteiger partial charge in [0.1, 0.15) is 0 Å². The quantitative estimate of drug-likeness (QED) is 0.648. The molecule has 11 heavy (non-hydrogen) atoms. The normalized spacial score (nSPS) is 10.1. The van der Waals surface area contributed by atoms with Gasteiger partial charge in [0.15, 0.2) is 0 Å². The third-order valence-electron chi connectivity index (χ3n) is 1.60. The van der Waals surface area contributed by atoms with E-state index in [0.29, 0.717) is 12.0 Å². The van der Waals surface area contributed by atoms with Crippen molar-refractivity contribution in [1.29, 1.82) is 0 Å². The van der Waals surface area contributed by atoms with Crippen LogP contribution in [0.1, 0.15) is 11.1 Å². The molecule has 0 aliphatic rings. The molecule has 0 saturated carbocycles. The van der Waals surface area contributed by atoms with Gasteiger partial charge in [-0.3, -0.25) is 0 Å². The number of hydrogen-bond donors (Lipinski definition) is 1. The maximum Gasteiger partial charge on any atom is 0.216 e. The molecule has 1 aromatic heterocycles. The molecule has 0 bridgehead atoms. The first-order valence-corrected chi connectivity index (χ1v) is 3.46. The molecular formula is C8H10FNO. The maximum atomic E-state index is 12.8. The highest BCUT2D eigenvalue weighted by atomic mass is 19.1. The van der Waals surface area contributed by atoms with Crippen LogP contribution in [0.3, 0.4) is 0 Å². The van der Waals surface area contributed by atoms with Crippen molar-refractivity contribution >= 4 is 0 Å². The highest BCUT2D eigenvalue weighted by molar-refractivity contribution is 5.22. The average Bonchev–Trinajstić information content (AvgIpc) is 1.97. The third kappa shape index (κ3) is 1.74. The lowest BCUT2D eigenvalue weighted by atomic mass is 10.1. The van der Waals surface area contributed by atoms with Gasteiger partial charge in [0.25, 0.3) is 0 Å². The molecule has 1 rings (SSSR count). The summed E-state index contributed by atoms with van der Waals surface area (Å²) in [7, 11) is 0. The number of aryl methyl sites for hydroxylation is 1. The van der Waals surface area contributed by atoms with E-state index in [0.717, 1.165) is 5.56 Å². The van der Waals surface area contributed by atoms with Gasteiger partial charge in [-0.2, -0.15) is 4.39 Å². The monoisotopic (exact) mass is 155 g/mol. The van der Waals surface area contributed by atoms with E-state index >= 15 is 0 Å². The first-order valence-electron chi connectivity index (χ1n) is 3.46. The van der Waals surface area contributed by atoms with Crippen LogP contribution in [0.2, 0.25) is 0 Å². The van der Waals surface area contributed by atoms with E-state index in [1.165, 1.54) is 6.20 Å². The number of hydrogen-bond acceptors (Lipinski definition) is 2. The summed E-state index contributed by atoms with van der Waals surface area (Å²) in [6.07, 6.45) is 1.76. The van der Waals surface area contributed by atoms with Crippen molar-refractivity contribution in [2.45, 2.75) is 13.3 Å². The van der Waals surface area contributed by atoms with Gasteiger partial charge in [-0.1, -0.05) is 0 Å². The number of aromatic nitrogens is 1. The molecule has 0 spiro atoms. The molecule has 0 unspecified atom stereocenters. The second-order valence-electron chi connectivity index (χ2n) is 2.37. The molecule has 0 aliphatic carbocycles. The number of halogens is 1. The molecule has 3 heteroatoms. The second-order valence-corrected chi connectivity index (χ2v) is 2.37. The molecule has 0 aliphatic heterocycles. The molecule has 1 heterocycles. The summed E-state index contributed by atoms with van der Waals surface area (Å²) in [5.74, 6) is -0.473. The Labute approximate surface area is 64.7 Å². The minimum Gasteiger partial charge on any atom is -0.396 e. The fourth-order valence-corrected chi connectivity index (χ4v) is 0.968. The summed E-state index contributed by atoms with van der Waals surface area (Å²) in [5.41, 5.74) is 1.35. The van der Waals surface area contributed by atoms with E-state index in [1.807, 2.05) is 0 Å². The van der Waals surface area contributed by atoms with Crippen LogP contribution in [0, 0.1) is 12.9 Å². The Bertz CT molecular complexity index is 230. The Balaban J connectivity index is 3.00. The van der Waals surface area contributed by atoms with Crippen molar-refractivity contribution in [2.24, 2.45) is 0 Å². The standard InChI is InChI=1S/C8H10FNO/c1-6-2-4-10-8(9)7(6)3-5-11/h2,4,11H,3,5H2,1H3. The smallest absolute Gasteiger partial charge is 0.216 e. The summed E-state index contributed by atoms with van der Waals surface area (Å²) >= 11 is 0. The van der Waals surface area contributed by atoms with Crippen LogP contribution in [-0.4, -0.2) is 16.7 Å². The number of pyridine rings is 1. The zero-order chi connectivity index (χ0) is 8.27. The third-order valence-corrected chi connectivity index (χ3v) is 1.60. The van der Waals surface area contributed by atoms with Crippen molar-refractivity contribution in [1.82, 2.24) is 4.98 Å². The maximum absolute atomic E-state index is 12.8. The molecule has 60 valence electrons. The SMILES string of the molecule is Cc1ccnc(F)c1CCO. The van der Waals surface area contributed by atoms with Crippen molar-refractivity contribution in [3.05, 3.63) is 29.3 Å². The topological polar surface area (TPSA) is 33.1 Å². The van der Waals surface area contributed by atoms with Crippen LogP contribution in [0.25, 0.3) is 0 Å². The Hall–Kier alpha value is -0.960. The Morgan fingerprint density at radius 1 is 1.64 bits per heavy atom. The molecule has 0 amide bonds. The van der Waals surface area contributed by atoms with E-state index in [2.05, 4.69) is 4.98 Å². The lowest BCUT2D eigenvalue weighted by Gasteiger charge is -2.02. The van der Waals surface area contributed by atoms with Crippen LogP contribution in [0.5, 0.6) is 0 Å². The van der Waals surface area contributed by atoms with Crippen molar-refractivity contribution in [3.63, 3.8) is 0 Å². The van der Waals surface area contributed by atoms with Crippen LogP contribution in [0.4, 0.5) is 4.39 Å². The van der Waals surface area contributed by atoms with Crippen LogP contribution < -0.4 is 0 Å². The summed E-state index contributed by atoms with van der Waals surface area (Å²) in [6.45, 7) is 1.76. The molecule has 1 N–H and O–H groups in total. The summed E-state index contributed by atoms with van der Waals surface area (Å²) < 4.78 is 12.8. The van der Waals surface area contributed by atoms with Gasteiger partial charge in [0, 0.05) is 24.8 Å². The van der Waals surface area contributed by atoms with Crippen molar-refractivity contribution in [3.8, 4) is 0 Å². The molecule has 0 fully saturated rings.